The Kier molecular flexibility index (Phi) is 3.67. The summed E-state index contributed by atoms with van der Waals surface area (Å²) in [4.78, 5) is 10.7. The molecular formula is C14H10BrClN2OS. The van der Waals surface area contributed by atoms with E-state index in [1.807, 2.05) is 19.1 Å². The summed E-state index contributed by atoms with van der Waals surface area (Å²) in [6, 6.07) is 5.47. The maximum absolute atomic E-state index is 6.16. The Morgan fingerprint density at radius 2 is 2.05 bits per heavy atom. The van der Waals surface area contributed by atoms with Gasteiger partial charge in [-0.15, -0.1) is 11.3 Å². The van der Waals surface area contributed by atoms with Crippen molar-refractivity contribution in [3.8, 4) is 11.6 Å². The second-order valence-corrected chi connectivity index (χ2v) is 6.85. The van der Waals surface area contributed by atoms with E-state index < -0.39 is 0 Å². The van der Waals surface area contributed by atoms with E-state index in [1.165, 1.54) is 11.2 Å². The standard InChI is InChI=1S/C14H10BrClN2OS/c1-7-8(2)20-14-12(7)13(17-6-18-14)19-11-5-9(15)3-4-10(11)16/h3-6H,1-2H3. The van der Waals surface area contributed by atoms with Crippen LogP contribution >= 0.6 is 38.9 Å². The van der Waals surface area contributed by atoms with E-state index in [0.29, 0.717) is 16.7 Å². The molecule has 2 heterocycles. The number of thiophene rings is 1. The van der Waals surface area contributed by atoms with Crippen molar-refractivity contribution in [1.82, 2.24) is 9.97 Å². The summed E-state index contributed by atoms with van der Waals surface area (Å²) in [6.45, 7) is 4.12. The molecule has 0 saturated carbocycles. The van der Waals surface area contributed by atoms with Gasteiger partial charge in [0.25, 0.3) is 0 Å². The Morgan fingerprint density at radius 3 is 2.85 bits per heavy atom. The number of aromatic nitrogens is 2. The third-order valence-corrected chi connectivity index (χ3v) is 4.95. The largest absolute Gasteiger partial charge is 0.437 e. The number of hydrogen-bond acceptors (Lipinski definition) is 4. The van der Waals surface area contributed by atoms with Gasteiger partial charge < -0.3 is 4.74 Å². The SMILES string of the molecule is Cc1sc2ncnc(Oc3cc(Br)ccc3Cl)c2c1C. The molecule has 20 heavy (non-hydrogen) atoms. The van der Waals surface area contributed by atoms with E-state index in [4.69, 9.17) is 16.3 Å². The van der Waals surface area contributed by atoms with Crippen LogP contribution in [0, 0.1) is 13.8 Å². The van der Waals surface area contributed by atoms with Gasteiger partial charge in [-0.25, -0.2) is 9.97 Å². The molecule has 0 aliphatic carbocycles. The lowest BCUT2D eigenvalue weighted by molar-refractivity contribution is 0.468. The zero-order valence-corrected chi connectivity index (χ0v) is 13.9. The average molecular weight is 370 g/mol. The summed E-state index contributed by atoms with van der Waals surface area (Å²) in [6.07, 6.45) is 1.51. The minimum atomic E-state index is 0.539. The van der Waals surface area contributed by atoms with Crippen molar-refractivity contribution in [2.75, 3.05) is 0 Å². The van der Waals surface area contributed by atoms with Crippen molar-refractivity contribution in [2.24, 2.45) is 0 Å². The van der Waals surface area contributed by atoms with Crippen LogP contribution in [0.2, 0.25) is 5.02 Å². The Hall–Kier alpha value is -1.17. The number of fused-ring (bicyclic) bond motifs is 1. The predicted molar refractivity (Wildman–Crippen MR) is 86.1 cm³/mol. The molecule has 0 aliphatic heterocycles. The smallest absolute Gasteiger partial charge is 0.231 e. The number of rotatable bonds is 2. The van der Waals surface area contributed by atoms with Crippen LogP contribution in [0.1, 0.15) is 10.4 Å². The van der Waals surface area contributed by atoms with Crippen molar-refractivity contribution in [1.29, 1.82) is 0 Å². The fourth-order valence-electron chi connectivity index (χ4n) is 1.89. The van der Waals surface area contributed by atoms with E-state index in [9.17, 15) is 0 Å². The number of nitrogens with zero attached hydrogens (tertiary/aromatic N) is 2. The third kappa shape index (κ3) is 2.41. The molecule has 0 spiro atoms. The Bertz CT molecular complexity index is 803. The van der Waals surface area contributed by atoms with Gasteiger partial charge in [-0.1, -0.05) is 27.5 Å². The van der Waals surface area contributed by atoms with E-state index >= 15 is 0 Å². The van der Waals surface area contributed by atoms with Crippen molar-refractivity contribution < 1.29 is 4.74 Å². The molecule has 2 aromatic heterocycles. The molecule has 0 unspecified atom stereocenters. The molecule has 3 aromatic rings. The molecule has 3 rings (SSSR count). The molecule has 0 bridgehead atoms. The summed E-state index contributed by atoms with van der Waals surface area (Å²) >= 11 is 11.2. The number of benzene rings is 1. The normalized spacial score (nSPS) is 11.0. The Morgan fingerprint density at radius 1 is 1.25 bits per heavy atom. The van der Waals surface area contributed by atoms with E-state index in [2.05, 4.69) is 32.8 Å². The van der Waals surface area contributed by atoms with E-state index in [1.54, 1.807) is 17.4 Å². The number of halogens is 2. The summed E-state index contributed by atoms with van der Waals surface area (Å²) in [5, 5.41) is 1.50. The molecule has 1 aromatic carbocycles. The van der Waals surface area contributed by atoms with Gasteiger partial charge >= 0.3 is 0 Å². The molecule has 0 radical (unpaired) electrons. The minimum absolute atomic E-state index is 0.539. The first-order valence-corrected chi connectivity index (χ1v) is 7.88. The predicted octanol–water partition coefficient (Wildman–Crippen LogP) is 5.52. The summed E-state index contributed by atoms with van der Waals surface area (Å²) in [5.41, 5.74) is 1.15. The van der Waals surface area contributed by atoms with Crippen molar-refractivity contribution in [3.63, 3.8) is 0 Å². The van der Waals surface area contributed by atoms with Gasteiger partial charge in [-0.3, -0.25) is 0 Å². The van der Waals surface area contributed by atoms with Gasteiger partial charge in [0.15, 0.2) is 0 Å². The van der Waals surface area contributed by atoms with Crippen LogP contribution in [-0.2, 0) is 0 Å². The van der Waals surface area contributed by atoms with Gasteiger partial charge in [0.1, 0.15) is 16.9 Å². The number of hydrogen-bond donors (Lipinski definition) is 0. The molecule has 0 aliphatic rings. The summed E-state index contributed by atoms with van der Waals surface area (Å²) < 4.78 is 6.79. The second kappa shape index (κ2) is 5.31. The lowest BCUT2D eigenvalue weighted by Gasteiger charge is -2.08. The molecule has 6 heteroatoms. The monoisotopic (exact) mass is 368 g/mol. The maximum atomic E-state index is 6.16. The molecule has 3 nitrogen and oxygen atoms in total. The lowest BCUT2D eigenvalue weighted by atomic mass is 10.2. The van der Waals surface area contributed by atoms with Crippen LogP contribution in [0.4, 0.5) is 0 Å². The maximum Gasteiger partial charge on any atom is 0.231 e. The van der Waals surface area contributed by atoms with Crippen LogP contribution in [-0.4, -0.2) is 9.97 Å². The zero-order valence-electron chi connectivity index (χ0n) is 10.8. The fraction of sp³-hybridized carbons (Fsp3) is 0.143. The van der Waals surface area contributed by atoms with Crippen LogP contribution in [0.15, 0.2) is 29.0 Å². The molecular weight excluding hydrogens is 360 g/mol. The first-order valence-electron chi connectivity index (χ1n) is 5.90. The van der Waals surface area contributed by atoms with Crippen LogP contribution < -0.4 is 4.74 Å². The lowest BCUT2D eigenvalue weighted by Crippen LogP contribution is -1.91. The first kappa shape index (κ1) is 13.8. The van der Waals surface area contributed by atoms with Gasteiger partial charge in [0.2, 0.25) is 5.88 Å². The van der Waals surface area contributed by atoms with Gasteiger partial charge in [-0.2, -0.15) is 0 Å². The van der Waals surface area contributed by atoms with Crippen LogP contribution in [0.25, 0.3) is 10.2 Å². The van der Waals surface area contributed by atoms with Crippen LogP contribution in [0.5, 0.6) is 11.6 Å². The molecule has 102 valence electrons. The minimum Gasteiger partial charge on any atom is -0.437 e. The highest BCUT2D eigenvalue weighted by molar-refractivity contribution is 9.10. The highest BCUT2D eigenvalue weighted by atomic mass is 79.9. The second-order valence-electron chi connectivity index (χ2n) is 4.32. The molecule has 0 saturated heterocycles. The third-order valence-electron chi connectivity index (χ3n) is 3.03. The van der Waals surface area contributed by atoms with Gasteiger partial charge in [0.05, 0.1) is 10.4 Å². The van der Waals surface area contributed by atoms with Crippen molar-refractivity contribution in [3.05, 3.63) is 44.5 Å². The summed E-state index contributed by atoms with van der Waals surface area (Å²) in [7, 11) is 0. The number of aryl methyl sites for hydroxylation is 2. The van der Waals surface area contributed by atoms with E-state index in [0.717, 1.165) is 20.3 Å². The quantitative estimate of drug-likeness (QED) is 0.597. The molecule has 0 atom stereocenters. The van der Waals surface area contributed by atoms with E-state index in [-0.39, 0.29) is 0 Å². The fourth-order valence-corrected chi connectivity index (χ4v) is 3.37. The van der Waals surface area contributed by atoms with Crippen molar-refractivity contribution >= 4 is 49.1 Å². The Balaban J connectivity index is 2.13. The molecule has 0 N–H and O–H groups in total. The Labute approximate surface area is 133 Å². The highest BCUT2D eigenvalue weighted by Gasteiger charge is 2.14. The average Bonchev–Trinajstić information content (AvgIpc) is 2.71. The van der Waals surface area contributed by atoms with Gasteiger partial charge in [-0.05, 0) is 37.6 Å². The molecule has 0 fully saturated rings. The van der Waals surface area contributed by atoms with Crippen LogP contribution in [0.3, 0.4) is 0 Å². The topological polar surface area (TPSA) is 35.0 Å². The first-order chi connectivity index (χ1) is 9.56. The zero-order chi connectivity index (χ0) is 14.3. The highest BCUT2D eigenvalue weighted by Crippen LogP contribution is 2.38. The number of ether oxygens (including phenoxy) is 1. The summed E-state index contributed by atoms with van der Waals surface area (Å²) in [5.74, 6) is 1.11. The van der Waals surface area contributed by atoms with Crippen molar-refractivity contribution in [2.45, 2.75) is 13.8 Å². The molecule has 0 amide bonds. The van der Waals surface area contributed by atoms with Gasteiger partial charge in [0, 0.05) is 9.35 Å².